The molecule has 1 aromatic heterocycles. The third-order valence-corrected chi connectivity index (χ3v) is 6.53. The quantitative estimate of drug-likeness (QED) is 0.811. The predicted molar refractivity (Wildman–Crippen MR) is 105 cm³/mol. The van der Waals surface area contributed by atoms with Crippen LogP contribution >= 0.6 is 11.3 Å². The second-order valence-corrected chi connectivity index (χ2v) is 8.36. The Morgan fingerprint density at radius 3 is 2.41 bits per heavy atom. The summed E-state index contributed by atoms with van der Waals surface area (Å²) in [6, 6.07) is 6.58. The number of hydrogen-bond acceptors (Lipinski definition) is 4. The van der Waals surface area contributed by atoms with Crippen molar-refractivity contribution < 1.29 is 14.0 Å². The summed E-state index contributed by atoms with van der Waals surface area (Å²) in [5.41, 5.74) is 0. The largest absolute Gasteiger partial charge is 0.342 e. The summed E-state index contributed by atoms with van der Waals surface area (Å²) in [6.45, 7) is 4.79. The zero-order valence-electron chi connectivity index (χ0n) is 15.3. The van der Waals surface area contributed by atoms with Gasteiger partial charge < -0.3 is 9.80 Å². The van der Waals surface area contributed by atoms with Gasteiger partial charge in [-0.2, -0.15) is 0 Å². The average Bonchev–Trinajstić information content (AvgIpc) is 3.14. The van der Waals surface area contributed by atoms with Gasteiger partial charge in [-0.25, -0.2) is 4.39 Å². The molecule has 0 spiro atoms. The minimum Gasteiger partial charge on any atom is -0.342 e. The Morgan fingerprint density at radius 2 is 1.70 bits per heavy atom. The first-order valence-corrected chi connectivity index (χ1v) is 10.4. The van der Waals surface area contributed by atoms with Gasteiger partial charge in [0.15, 0.2) is 0 Å². The number of hydrogen-bond donors (Lipinski definition) is 0. The zero-order chi connectivity index (χ0) is 18.8. The van der Waals surface area contributed by atoms with Crippen molar-refractivity contribution in [1.29, 1.82) is 0 Å². The molecule has 2 saturated heterocycles. The first-order valence-electron chi connectivity index (χ1n) is 9.59. The molecule has 0 unspecified atom stereocenters. The smallest absolute Gasteiger partial charge is 0.264 e. The van der Waals surface area contributed by atoms with Crippen LogP contribution in [0.25, 0.3) is 10.1 Å². The number of piperazine rings is 1. The van der Waals surface area contributed by atoms with Crippen LogP contribution in [0.5, 0.6) is 0 Å². The van der Waals surface area contributed by atoms with Crippen LogP contribution in [-0.4, -0.2) is 72.3 Å². The molecule has 1 aromatic carbocycles. The number of rotatable bonds is 3. The lowest BCUT2D eigenvalue weighted by Gasteiger charge is -2.35. The minimum absolute atomic E-state index is 0.0439. The Kier molecular flexibility index (Phi) is 5.41. The molecule has 0 bridgehead atoms. The number of amides is 2. The maximum absolute atomic E-state index is 13.9. The molecule has 2 aromatic rings. The Balaban J connectivity index is 1.33. The third kappa shape index (κ3) is 3.99. The molecule has 144 valence electrons. The van der Waals surface area contributed by atoms with Gasteiger partial charge in [0.2, 0.25) is 5.91 Å². The lowest BCUT2D eigenvalue weighted by atomic mass is 10.1. The van der Waals surface area contributed by atoms with Gasteiger partial charge in [0.05, 0.1) is 11.4 Å². The normalized spacial score (nSPS) is 18.9. The van der Waals surface area contributed by atoms with Gasteiger partial charge in [0, 0.05) is 49.4 Å². The predicted octanol–water partition coefficient (Wildman–Crippen LogP) is 2.81. The number of likely N-dealkylation sites (tertiary alicyclic amines) is 1. The molecular weight excluding hydrogens is 365 g/mol. The van der Waals surface area contributed by atoms with Crippen LogP contribution < -0.4 is 0 Å². The van der Waals surface area contributed by atoms with E-state index in [2.05, 4.69) is 4.90 Å². The molecule has 0 radical (unpaired) electrons. The van der Waals surface area contributed by atoms with Gasteiger partial charge in [-0.1, -0.05) is 6.07 Å². The fourth-order valence-electron chi connectivity index (χ4n) is 3.83. The third-order valence-electron chi connectivity index (χ3n) is 5.45. The van der Waals surface area contributed by atoms with Crippen LogP contribution in [0.4, 0.5) is 4.39 Å². The summed E-state index contributed by atoms with van der Waals surface area (Å²) in [5.74, 6) is -0.129. The van der Waals surface area contributed by atoms with Gasteiger partial charge >= 0.3 is 0 Å². The zero-order valence-corrected chi connectivity index (χ0v) is 16.1. The number of piperidine rings is 1. The highest BCUT2D eigenvalue weighted by molar-refractivity contribution is 7.20. The summed E-state index contributed by atoms with van der Waals surface area (Å²) in [6.07, 6.45) is 3.42. The van der Waals surface area contributed by atoms with Crippen LogP contribution in [-0.2, 0) is 4.79 Å². The molecule has 2 aliphatic heterocycles. The second-order valence-electron chi connectivity index (χ2n) is 7.27. The van der Waals surface area contributed by atoms with E-state index in [1.54, 1.807) is 12.1 Å². The van der Waals surface area contributed by atoms with Gasteiger partial charge in [0.25, 0.3) is 5.91 Å². The van der Waals surface area contributed by atoms with E-state index in [1.807, 2.05) is 15.9 Å². The SMILES string of the molecule is O=C(CN1CCN(C(=O)c2cc3c(F)cccc3s2)CC1)N1CCCCC1. The van der Waals surface area contributed by atoms with E-state index < -0.39 is 0 Å². The summed E-state index contributed by atoms with van der Waals surface area (Å²) in [4.78, 5) is 31.7. The van der Waals surface area contributed by atoms with Gasteiger partial charge in [-0.05, 0) is 37.5 Å². The standard InChI is InChI=1S/C20H24FN3O2S/c21-16-5-4-6-17-15(16)13-18(27-17)20(26)24-11-9-22(10-12-24)14-19(25)23-7-2-1-3-8-23/h4-6,13H,1-3,7-12,14H2. The average molecular weight is 389 g/mol. The van der Waals surface area contributed by atoms with Crippen LogP contribution in [0.3, 0.4) is 0 Å². The highest BCUT2D eigenvalue weighted by Crippen LogP contribution is 2.28. The Hall–Kier alpha value is -1.99. The summed E-state index contributed by atoms with van der Waals surface area (Å²) >= 11 is 1.34. The van der Waals surface area contributed by atoms with Crippen molar-refractivity contribution >= 4 is 33.2 Å². The number of carbonyl (C=O) groups is 2. The minimum atomic E-state index is -0.288. The number of halogens is 1. The molecule has 7 heteroatoms. The first kappa shape index (κ1) is 18.4. The highest BCUT2D eigenvalue weighted by Gasteiger charge is 2.26. The number of benzene rings is 1. The van der Waals surface area contributed by atoms with Gasteiger partial charge in [0.1, 0.15) is 5.82 Å². The van der Waals surface area contributed by atoms with E-state index in [9.17, 15) is 14.0 Å². The van der Waals surface area contributed by atoms with Crippen molar-refractivity contribution in [3.63, 3.8) is 0 Å². The van der Waals surface area contributed by atoms with Crippen molar-refractivity contribution in [2.45, 2.75) is 19.3 Å². The molecule has 0 N–H and O–H groups in total. The molecule has 0 atom stereocenters. The number of fused-ring (bicyclic) bond motifs is 1. The van der Waals surface area contributed by atoms with Crippen molar-refractivity contribution in [1.82, 2.24) is 14.7 Å². The Bertz CT molecular complexity index is 839. The maximum Gasteiger partial charge on any atom is 0.264 e. The van der Waals surface area contributed by atoms with E-state index >= 15 is 0 Å². The van der Waals surface area contributed by atoms with Gasteiger partial charge in [-0.15, -0.1) is 11.3 Å². The van der Waals surface area contributed by atoms with E-state index in [-0.39, 0.29) is 17.6 Å². The summed E-state index contributed by atoms with van der Waals surface area (Å²) in [5, 5.41) is 0.511. The molecule has 3 heterocycles. The molecule has 2 fully saturated rings. The Labute approximate surface area is 162 Å². The molecule has 2 amide bonds. The molecule has 0 saturated carbocycles. The Morgan fingerprint density at radius 1 is 0.963 bits per heavy atom. The highest BCUT2D eigenvalue weighted by atomic mass is 32.1. The molecule has 27 heavy (non-hydrogen) atoms. The second kappa shape index (κ2) is 7.94. The van der Waals surface area contributed by atoms with Crippen LogP contribution in [0.15, 0.2) is 24.3 Å². The lowest BCUT2D eigenvalue weighted by Crippen LogP contribution is -2.51. The monoisotopic (exact) mass is 389 g/mol. The number of thiophene rings is 1. The summed E-state index contributed by atoms with van der Waals surface area (Å²) in [7, 11) is 0. The molecule has 0 aliphatic carbocycles. The lowest BCUT2D eigenvalue weighted by molar-refractivity contribution is -0.133. The van der Waals surface area contributed by atoms with E-state index in [4.69, 9.17) is 0 Å². The van der Waals surface area contributed by atoms with Crippen LogP contribution in [0, 0.1) is 5.82 Å². The van der Waals surface area contributed by atoms with Crippen molar-refractivity contribution in [2.75, 3.05) is 45.8 Å². The molecular formula is C20H24FN3O2S. The van der Waals surface area contributed by atoms with E-state index in [1.165, 1.54) is 23.8 Å². The number of nitrogens with zero attached hydrogens (tertiary/aromatic N) is 3. The van der Waals surface area contributed by atoms with E-state index in [0.717, 1.165) is 30.6 Å². The van der Waals surface area contributed by atoms with Gasteiger partial charge in [-0.3, -0.25) is 14.5 Å². The van der Waals surface area contributed by atoms with Crippen molar-refractivity contribution in [3.05, 3.63) is 35.0 Å². The van der Waals surface area contributed by atoms with Crippen molar-refractivity contribution in [3.8, 4) is 0 Å². The maximum atomic E-state index is 13.9. The number of carbonyl (C=O) groups excluding carboxylic acids is 2. The fourth-order valence-corrected chi connectivity index (χ4v) is 4.87. The summed E-state index contributed by atoms with van der Waals surface area (Å²) < 4.78 is 14.7. The molecule has 4 rings (SSSR count). The fraction of sp³-hybridized carbons (Fsp3) is 0.500. The molecule has 5 nitrogen and oxygen atoms in total. The van der Waals surface area contributed by atoms with E-state index in [0.29, 0.717) is 43.0 Å². The topological polar surface area (TPSA) is 43.9 Å². The van der Waals surface area contributed by atoms with Crippen LogP contribution in [0.1, 0.15) is 28.9 Å². The van der Waals surface area contributed by atoms with Crippen molar-refractivity contribution in [2.24, 2.45) is 0 Å². The van der Waals surface area contributed by atoms with Crippen LogP contribution in [0.2, 0.25) is 0 Å². The molecule has 2 aliphatic rings. The first-order chi connectivity index (χ1) is 13.1.